The molecule has 2 rings (SSSR count). The van der Waals surface area contributed by atoms with Crippen LogP contribution in [0.5, 0.6) is 0 Å². The number of amides is 1. The maximum absolute atomic E-state index is 12.0. The molecule has 0 bridgehead atoms. The Kier molecular flexibility index (Phi) is 4.50. The number of hydrogen-bond donors (Lipinski definition) is 0. The molecule has 1 aromatic carbocycles. The lowest BCUT2D eigenvalue weighted by molar-refractivity contribution is -0.120. The van der Waals surface area contributed by atoms with E-state index in [9.17, 15) is 9.59 Å². The number of halogens is 2. The highest BCUT2D eigenvalue weighted by molar-refractivity contribution is 14.1. The van der Waals surface area contributed by atoms with E-state index in [0.29, 0.717) is 6.54 Å². The number of carbonyl (C=O) groups is 2. The van der Waals surface area contributed by atoms with E-state index in [0.717, 1.165) is 17.7 Å². The zero-order valence-electron chi connectivity index (χ0n) is 10.9. The maximum atomic E-state index is 12.0. The molecule has 0 saturated carbocycles. The minimum atomic E-state index is -0.422. The lowest BCUT2D eigenvalue weighted by atomic mass is 10.1. The Morgan fingerprint density at radius 1 is 1.53 bits per heavy atom. The minimum Gasteiger partial charge on any atom is -0.312 e. The zero-order chi connectivity index (χ0) is 14.2. The molecule has 3 nitrogen and oxygen atoms in total. The summed E-state index contributed by atoms with van der Waals surface area (Å²) in [5.74, 6) is -0.402. The van der Waals surface area contributed by atoms with Crippen molar-refractivity contribution in [2.24, 2.45) is 5.92 Å². The summed E-state index contributed by atoms with van der Waals surface area (Å²) in [4.78, 5) is 24.9. The summed E-state index contributed by atoms with van der Waals surface area (Å²) in [5, 5.41) is -0.422. The maximum Gasteiger partial charge on any atom is 0.227 e. The number of benzene rings is 1. The van der Waals surface area contributed by atoms with Gasteiger partial charge in [0.15, 0.2) is 0 Å². The van der Waals surface area contributed by atoms with Crippen molar-refractivity contribution in [1.82, 2.24) is 0 Å². The van der Waals surface area contributed by atoms with Crippen LogP contribution in [0.2, 0.25) is 0 Å². The summed E-state index contributed by atoms with van der Waals surface area (Å²) in [6, 6.07) is 4.04. The fourth-order valence-corrected chi connectivity index (χ4v) is 3.18. The van der Waals surface area contributed by atoms with Gasteiger partial charge in [0.25, 0.3) is 0 Å². The van der Waals surface area contributed by atoms with Crippen LogP contribution in [-0.2, 0) is 16.0 Å². The van der Waals surface area contributed by atoms with E-state index in [2.05, 4.69) is 29.5 Å². The van der Waals surface area contributed by atoms with Crippen LogP contribution >= 0.6 is 34.2 Å². The monoisotopic (exact) mass is 391 g/mol. The smallest absolute Gasteiger partial charge is 0.227 e. The van der Waals surface area contributed by atoms with Gasteiger partial charge >= 0.3 is 0 Å². The Bertz CT molecular complexity index is 544. The largest absolute Gasteiger partial charge is 0.312 e. The van der Waals surface area contributed by atoms with Crippen LogP contribution in [0, 0.1) is 16.4 Å². The van der Waals surface area contributed by atoms with Gasteiger partial charge < -0.3 is 4.90 Å². The first kappa shape index (κ1) is 14.8. The molecule has 1 aromatic rings. The van der Waals surface area contributed by atoms with Crippen LogP contribution in [-0.4, -0.2) is 17.7 Å². The lowest BCUT2D eigenvalue weighted by Gasteiger charge is -2.19. The molecule has 0 spiro atoms. The number of aryl methyl sites for hydroxylation is 2. The summed E-state index contributed by atoms with van der Waals surface area (Å²) in [6.45, 7) is 4.52. The molecule has 1 saturated heterocycles. The van der Waals surface area contributed by atoms with Gasteiger partial charge in [-0.05, 0) is 70.8 Å². The molecule has 0 aromatic heterocycles. The van der Waals surface area contributed by atoms with E-state index in [-0.39, 0.29) is 18.2 Å². The first-order chi connectivity index (χ1) is 8.93. The standard InChI is InChI=1S/C14H15ClINO2/c1-3-9-5-11(4-8(2)13(9)16)17-7-10(14(15)19)6-12(17)18/h4-5,10H,3,6-7H2,1-2H3/t10-/m1/s1. The molecule has 1 fully saturated rings. The third-order valence-corrected chi connectivity index (χ3v) is 5.31. The SMILES string of the molecule is CCc1cc(N2C[C@H](C(=O)Cl)CC2=O)cc(C)c1I. The number of nitrogens with zero attached hydrogens (tertiary/aromatic N) is 1. The van der Waals surface area contributed by atoms with Crippen molar-refractivity contribution >= 4 is 51.0 Å². The van der Waals surface area contributed by atoms with Crippen LogP contribution in [0.3, 0.4) is 0 Å². The molecule has 0 N–H and O–H groups in total. The van der Waals surface area contributed by atoms with Gasteiger partial charge in [0.2, 0.25) is 11.1 Å². The fraction of sp³-hybridized carbons (Fsp3) is 0.429. The second-order valence-corrected chi connectivity index (χ2v) is 6.25. The van der Waals surface area contributed by atoms with Crippen molar-refractivity contribution in [3.05, 3.63) is 26.8 Å². The summed E-state index contributed by atoms with van der Waals surface area (Å²) in [6.07, 6.45) is 1.14. The Hall–Kier alpha value is -0.620. The number of carbonyl (C=O) groups excluding carboxylic acids is 2. The molecule has 1 heterocycles. The van der Waals surface area contributed by atoms with Crippen molar-refractivity contribution in [2.75, 3.05) is 11.4 Å². The molecule has 0 aliphatic carbocycles. The Morgan fingerprint density at radius 2 is 2.21 bits per heavy atom. The summed E-state index contributed by atoms with van der Waals surface area (Å²) >= 11 is 7.82. The van der Waals surface area contributed by atoms with Crippen LogP contribution in [0.25, 0.3) is 0 Å². The van der Waals surface area contributed by atoms with Crippen molar-refractivity contribution in [3.8, 4) is 0 Å². The van der Waals surface area contributed by atoms with Crippen LogP contribution < -0.4 is 4.90 Å². The average Bonchev–Trinajstić information content (AvgIpc) is 2.75. The van der Waals surface area contributed by atoms with Crippen LogP contribution in [0.1, 0.15) is 24.5 Å². The van der Waals surface area contributed by atoms with Crippen molar-refractivity contribution in [2.45, 2.75) is 26.7 Å². The van der Waals surface area contributed by atoms with E-state index in [1.165, 1.54) is 9.13 Å². The third-order valence-electron chi connectivity index (χ3n) is 3.45. The molecule has 1 aliphatic rings. The summed E-state index contributed by atoms with van der Waals surface area (Å²) in [5.41, 5.74) is 3.26. The van der Waals surface area contributed by atoms with E-state index >= 15 is 0 Å². The summed E-state index contributed by atoms with van der Waals surface area (Å²) < 4.78 is 1.24. The van der Waals surface area contributed by atoms with Crippen LogP contribution in [0.15, 0.2) is 12.1 Å². The number of anilines is 1. The molecule has 1 amide bonds. The van der Waals surface area contributed by atoms with Crippen molar-refractivity contribution in [1.29, 1.82) is 0 Å². The molecule has 1 aliphatic heterocycles. The highest BCUT2D eigenvalue weighted by Gasteiger charge is 2.34. The molecule has 102 valence electrons. The predicted molar refractivity (Wildman–Crippen MR) is 84.6 cm³/mol. The van der Waals surface area contributed by atoms with Crippen molar-refractivity contribution < 1.29 is 9.59 Å². The van der Waals surface area contributed by atoms with Gasteiger partial charge in [-0.25, -0.2) is 0 Å². The predicted octanol–water partition coefficient (Wildman–Crippen LogP) is 3.28. The normalized spacial score (nSPS) is 19.1. The second-order valence-electron chi connectivity index (χ2n) is 4.80. The Morgan fingerprint density at radius 3 is 2.74 bits per heavy atom. The number of hydrogen-bond acceptors (Lipinski definition) is 2. The van der Waals surface area contributed by atoms with Crippen LogP contribution in [0.4, 0.5) is 5.69 Å². The Balaban J connectivity index is 2.35. The first-order valence-corrected chi connectivity index (χ1v) is 7.68. The molecule has 0 unspecified atom stereocenters. The quantitative estimate of drug-likeness (QED) is 0.586. The van der Waals surface area contributed by atoms with E-state index in [1.54, 1.807) is 4.90 Å². The topological polar surface area (TPSA) is 37.4 Å². The van der Waals surface area contributed by atoms with Gasteiger partial charge in [-0.2, -0.15) is 0 Å². The first-order valence-electron chi connectivity index (χ1n) is 6.22. The van der Waals surface area contributed by atoms with E-state index < -0.39 is 5.24 Å². The summed E-state index contributed by atoms with van der Waals surface area (Å²) in [7, 11) is 0. The van der Waals surface area contributed by atoms with E-state index in [4.69, 9.17) is 11.6 Å². The molecular weight excluding hydrogens is 377 g/mol. The average molecular weight is 392 g/mol. The molecule has 1 atom stereocenters. The van der Waals surface area contributed by atoms with Crippen molar-refractivity contribution in [3.63, 3.8) is 0 Å². The molecule has 19 heavy (non-hydrogen) atoms. The second kappa shape index (κ2) is 5.79. The van der Waals surface area contributed by atoms with Gasteiger partial charge in [-0.15, -0.1) is 0 Å². The van der Waals surface area contributed by atoms with Gasteiger partial charge in [0, 0.05) is 22.2 Å². The highest BCUT2D eigenvalue weighted by atomic mass is 127. The minimum absolute atomic E-state index is 0.0262. The molecular formula is C14H15ClINO2. The van der Waals surface area contributed by atoms with Gasteiger partial charge in [-0.1, -0.05) is 6.92 Å². The van der Waals surface area contributed by atoms with Gasteiger partial charge in [0.1, 0.15) is 0 Å². The van der Waals surface area contributed by atoms with E-state index in [1.807, 2.05) is 19.1 Å². The van der Waals surface area contributed by atoms with Gasteiger partial charge in [0.05, 0.1) is 5.92 Å². The Labute approximate surface area is 131 Å². The lowest BCUT2D eigenvalue weighted by Crippen LogP contribution is -2.25. The molecule has 0 radical (unpaired) electrons. The van der Waals surface area contributed by atoms with Gasteiger partial charge in [-0.3, -0.25) is 9.59 Å². The zero-order valence-corrected chi connectivity index (χ0v) is 13.8. The number of rotatable bonds is 3. The third kappa shape index (κ3) is 2.94. The molecule has 5 heteroatoms. The fourth-order valence-electron chi connectivity index (χ4n) is 2.34. The highest BCUT2D eigenvalue weighted by Crippen LogP contribution is 2.30.